The number of halogens is 1. The molecule has 0 aromatic heterocycles. The van der Waals surface area contributed by atoms with Gasteiger partial charge in [0.1, 0.15) is 0 Å². The maximum Gasteiger partial charge on any atom is 0.0463 e. The van der Waals surface area contributed by atoms with Crippen LogP contribution in [0.4, 0.5) is 0 Å². The average Bonchev–Trinajstić information content (AvgIpc) is 2.60. The molecule has 102 valence electrons. The first-order valence-corrected chi connectivity index (χ1v) is 7.92. The van der Waals surface area contributed by atoms with E-state index in [9.17, 15) is 0 Å². The van der Waals surface area contributed by atoms with Crippen molar-refractivity contribution in [1.82, 2.24) is 5.32 Å². The lowest BCUT2D eigenvalue weighted by atomic mass is 10.00. The summed E-state index contributed by atoms with van der Waals surface area (Å²) in [6, 6.07) is 6.85. The van der Waals surface area contributed by atoms with Gasteiger partial charge >= 0.3 is 0 Å². The van der Waals surface area contributed by atoms with Gasteiger partial charge < -0.3 is 5.32 Å². The molecule has 0 spiro atoms. The minimum absolute atomic E-state index is 0.931. The number of hydrogen-bond donors (Lipinski definition) is 1. The Kier molecular flexibility index (Phi) is 4.87. The van der Waals surface area contributed by atoms with Gasteiger partial charge in [0.2, 0.25) is 0 Å². The number of fused-ring (bicyclic) bond motifs is 1. The molecule has 19 heavy (non-hydrogen) atoms. The zero-order valence-electron chi connectivity index (χ0n) is 12.0. The Hall–Kier alpha value is -1.02. The summed E-state index contributed by atoms with van der Waals surface area (Å²) in [6.07, 6.45) is 5.66. The average molecular weight is 320 g/mol. The fraction of sp³-hybridized carbons (Fsp3) is 0.412. The summed E-state index contributed by atoms with van der Waals surface area (Å²) < 4.78 is 1.26. The molecule has 1 nitrogen and oxygen atoms in total. The molecule has 0 fully saturated rings. The summed E-state index contributed by atoms with van der Waals surface area (Å²) in [6.45, 7) is 7.10. The highest BCUT2D eigenvalue weighted by Crippen LogP contribution is 2.29. The number of allylic oxidation sites excluding steroid dienone is 3. The van der Waals surface area contributed by atoms with Crippen molar-refractivity contribution in [2.75, 3.05) is 6.54 Å². The zero-order valence-corrected chi connectivity index (χ0v) is 13.6. The van der Waals surface area contributed by atoms with E-state index in [4.69, 9.17) is 0 Å². The van der Waals surface area contributed by atoms with Gasteiger partial charge in [-0.15, -0.1) is 0 Å². The van der Waals surface area contributed by atoms with Gasteiger partial charge in [0.05, 0.1) is 0 Å². The molecule has 0 radical (unpaired) electrons. The fourth-order valence-corrected chi connectivity index (χ4v) is 3.07. The second kappa shape index (κ2) is 6.42. The van der Waals surface area contributed by atoms with Crippen LogP contribution in [0.15, 0.2) is 40.0 Å². The Balaban J connectivity index is 0.000000637. The third-order valence-corrected chi connectivity index (χ3v) is 4.09. The van der Waals surface area contributed by atoms with Crippen LogP contribution in [0.5, 0.6) is 0 Å². The second-order valence-corrected chi connectivity index (χ2v) is 5.92. The highest BCUT2D eigenvalue weighted by atomic mass is 79.9. The molecule has 1 aliphatic heterocycles. The van der Waals surface area contributed by atoms with E-state index in [1.54, 1.807) is 0 Å². The van der Waals surface area contributed by atoms with Gasteiger partial charge in [-0.3, -0.25) is 0 Å². The van der Waals surface area contributed by atoms with Crippen LogP contribution in [0.25, 0.3) is 0 Å². The minimum atomic E-state index is 0.931. The summed E-state index contributed by atoms with van der Waals surface area (Å²) in [4.78, 5) is 0. The molecule has 1 aromatic rings. The predicted octanol–water partition coefficient (Wildman–Crippen LogP) is 4.65. The first kappa shape index (κ1) is 14.4. The normalized spacial score (nSPS) is 17.2. The van der Waals surface area contributed by atoms with E-state index in [1.807, 2.05) is 13.8 Å². The third-order valence-electron chi connectivity index (χ3n) is 3.58. The zero-order chi connectivity index (χ0) is 13.8. The molecule has 1 N–H and O–H groups in total. The Labute approximate surface area is 124 Å². The summed E-state index contributed by atoms with van der Waals surface area (Å²) in [5.41, 5.74) is 7.26. The first-order valence-electron chi connectivity index (χ1n) is 7.13. The summed E-state index contributed by atoms with van der Waals surface area (Å²) in [7, 11) is 0. The van der Waals surface area contributed by atoms with Gasteiger partial charge in [-0.2, -0.15) is 0 Å². The highest BCUT2D eigenvalue weighted by molar-refractivity contribution is 9.11. The van der Waals surface area contributed by atoms with Crippen LogP contribution in [0, 0.1) is 6.92 Å². The first-order chi connectivity index (χ1) is 9.22. The Morgan fingerprint density at radius 3 is 2.68 bits per heavy atom. The molecule has 1 heterocycles. The van der Waals surface area contributed by atoms with Crippen LogP contribution in [-0.2, 0) is 12.8 Å². The van der Waals surface area contributed by atoms with E-state index >= 15 is 0 Å². The second-order valence-electron chi connectivity index (χ2n) is 4.90. The van der Waals surface area contributed by atoms with Crippen molar-refractivity contribution in [3.8, 4) is 0 Å². The highest BCUT2D eigenvalue weighted by Gasteiger charge is 2.17. The standard InChI is InChI=1S/C15H16BrN.C2H6/c1-10-2-3-12-8-15-13(5-4-11(12)6-10)7-14(16)9-17-15;1-2/h2-3,6-7,17H,4-5,8-9H2,1H3;1-2H3. The molecule has 0 amide bonds. The van der Waals surface area contributed by atoms with E-state index in [0.29, 0.717) is 0 Å². The van der Waals surface area contributed by atoms with Crippen molar-refractivity contribution < 1.29 is 0 Å². The van der Waals surface area contributed by atoms with Crippen molar-refractivity contribution in [2.24, 2.45) is 0 Å². The van der Waals surface area contributed by atoms with E-state index in [1.165, 1.54) is 32.4 Å². The van der Waals surface area contributed by atoms with Crippen LogP contribution < -0.4 is 5.32 Å². The van der Waals surface area contributed by atoms with Gasteiger partial charge in [-0.1, -0.05) is 53.5 Å². The molecule has 2 aliphatic rings. The molecule has 2 heteroatoms. The largest absolute Gasteiger partial charge is 0.383 e. The van der Waals surface area contributed by atoms with Crippen LogP contribution in [0.1, 0.15) is 37.0 Å². The molecule has 0 bridgehead atoms. The number of benzene rings is 1. The number of dihydropyridines is 1. The van der Waals surface area contributed by atoms with Gasteiger partial charge in [-0.05, 0) is 42.5 Å². The fourth-order valence-electron chi connectivity index (χ4n) is 2.65. The van der Waals surface area contributed by atoms with E-state index in [-0.39, 0.29) is 0 Å². The van der Waals surface area contributed by atoms with Crippen molar-refractivity contribution in [3.63, 3.8) is 0 Å². The molecule has 0 atom stereocenters. The maximum atomic E-state index is 3.59. The van der Waals surface area contributed by atoms with E-state index < -0.39 is 0 Å². The topological polar surface area (TPSA) is 12.0 Å². The third kappa shape index (κ3) is 3.30. The molecule has 0 saturated heterocycles. The Morgan fingerprint density at radius 2 is 1.89 bits per heavy atom. The molecule has 0 unspecified atom stereocenters. The number of hydrogen-bond acceptors (Lipinski definition) is 1. The van der Waals surface area contributed by atoms with E-state index in [2.05, 4.69) is 52.4 Å². The molecular weight excluding hydrogens is 298 g/mol. The van der Waals surface area contributed by atoms with Gasteiger partial charge in [0.15, 0.2) is 0 Å². The number of aryl methyl sites for hydroxylation is 2. The Bertz CT molecular complexity index is 526. The number of nitrogens with one attached hydrogen (secondary N) is 1. The van der Waals surface area contributed by atoms with Crippen molar-refractivity contribution in [3.05, 3.63) is 56.7 Å². The summed E-state index contributed by atoms with van der Waals surface area (Å²) in [5, 5.41) is 3.53. The molecule has 1 aromatic carbocycles. The van der Waals surface area contributed by atoms with Crippen LogP contribution in [0.3, 0.4) is 0 Å². The molecular formula is C17H22BrN. The van der Waals surface area contributed by atoms with Crippen molar-refractivity contribution >= 4 is 15.9 Å². The molecule has 1 aliphatic carbocycles. The maximum absolute atomic E-state index is 3.59. The van der Waals surface area contributed by atoms with Crippen molar-refractivity contribution in [1.29, 1.82) is 0 Å². The lowest BCUT2D eigenvalue weighted by Crippen LogP contribution is -2.21. The van der Waals surface area contributed by atoms with Gasteiger partial charge in [0.25, 0.3) is 0 Å². The Morgan fingerprint density at radius 1 is 1.11 bits per heavy atom. The van der Waals surface area contributed by atoms with Gasteiger partial charge in [0, 0.05) is 23.1 Å². The van der Waals surface area contributed by atoms with Crippen LogP contribution in [-0.4, -0.2) is 6.54 Å². The SMILES string of the molecule is CC.Cc1ccc2c(c1)CCC1=C(C2)NCC(Br)=C1. The van der Waals surface area contributed by atoms with Crippen molar-refractivity contribution in [2.45, 2.75) is 40.0 Å². The summed E-state index contributed by atoms with van der Waals surface area (Å²) in [5.74, 6) is 0. The van der Waals surface area contributed by atoms with E-state index in [0.717, 1.165) is 25.8 Å². The van der Waals surface area contributed by atoms with Gasteiger partial charge in [-0.25, -0.2) is 0 Å². The number of rotatable bonds is 0. The quantitative estimate of drug-likeness (QED) is 0.734. The predicted molar refractivity (Wildman–Crippen MR) is 86.6 cm³/mol. The monoisotopic (exact) mass is 319 g/mol. The minimum Gasteiger partial charge on any atom is -0.383 e. The molecule has 3 rings (SSSR count). The lowest BCUT2D eigenvalue weighted by Gasteiger charge is -2.18. The van der Waals surface area contributed by atoms with Crippen LogP contribution in [0.2, 0.25) is 0 Å². The van der Waals surface area contributed by atoms with Crippen LogP contribution >= 0.6 is 15.9 Å². The smallest absolute Gasteiger partial charge is 0.0463 e. The lowest BCUT2D eigenvalue weighted by molar-refractivity contribution is 0.814. The summed E-state index contributed by atoms with van der Waals surface area (Å²) >= 11 is 3.59. The molecule has 0 saturated carbocycles.